The molecule has 3 N–H and O–H groups in total. The third-order valence-electron chi connectivity index (χ3n) is 6.58. The number of hydrogen-bond acceptors (Lipinski definition) is 8. The van der Waals surface area contributed by atoms with Crippen molar-refractivity contribution >= 4 is 28.3 Å². The van der Waals surface area contributed by atoms with E-state index in [1.165, 1.54) is 16.2 Å². The minimum Gasteiger partial charge on any atom is -0.481 e. The Morgan fingerprint density at radius 3 is 2.65 bits per heavy atom. The molecule has 0 aliphatic rings. The predicted octanol–water partition coefficient (Wildman–Crippen LogP) is 3.57. The van der Waals surface area contributed by atoms with Crippen molar-refractivity contribution in [2.45, 2.75) is 13.0 Å². The van der Waals surface area contributed by atoms with E-state index in [4.69, 9.17) is 15.5 Å². The number of methoxy groups -OCH3 is 1. The van der Waals surface area contributed by atoms with E-state index in [2.05, 4.69) is 20.4 Å². The van der Waals surface area contributed by atoms with Gasteiger partial charge in [-0.3, -0.25) is 14.2 Å². The summed E-state index contributed by atoms with van der Waals surface area (Å²) in [7, 11) is 1.54. The number of carbonyl (C=O) groups excluding carboxylic acids is 1. The number of aromatic nitrogens is 6. The van der Waals surface area contributed by atoms with E-state index in [0.29, 0.717) is 39.5 Å². The molecule has 4 aromatic heterocycles. The molecule has 0 saturated carbocycles. The Kier molecular flexibility index (Phi) is 6.15. The van der Waals surface area contributed by atoms with Crippen molar-refractivity contribution in [3.8, 4) is 22.7 Å². The molecule has 0 bridgehead atoms. The first-order valence-electron chi connectivity index (χ1n) is 12.5. The molecule has 1 amide bonds. The molecule has 11 heteroatoms. The number of pyridine rings is 1. The van der Waals surface area contributed by atoms with Gasteiger partial charge in [0.2, 0.25) is 5.88 Å². The molecule has 1 atom stereocenters. The summed E-state index contributed by atoms with van der Waals surface area (Å²) in [6, 6.07) is 19.2. The molecule has 198 valence electrons. The smallest absolute Gasteiger partial charge is 0.266 e. The molecule has 6 rings (SSSR count). The maximum Gasteiger partial charge on any atom is 0.266 e. The van der Waals surface area contributed by atoms with Crippen LogP contribution in [0.4, 0.5) is 5.82 Å². The first kappa shape index (κ1) is 24.7. The lowest BCUT2D eigenvalue weighted by Crippen LogP contribution is -2.33. The standard InChI is InChI=1S/C29H24N8O3/c1-17(33-28(38)24-25(30)35-36-15-7-13-32-27(24)36)26-34-21-11-6-10-20(18-12-14-31-22(16-18)40-2)23(21)29(39)37(26)19-8-4-3-5-9-19/h3-17H,1-2H3,(H2,30,35)(H,33,38). The van der Waals surface area contributed by atoms with Crippen molar-refractivity contribution in [2.24, 2.45) is 0 Å². The van der Waals surface area contributed by atoms with E-state index in [1.54, 1.807) is 43.7 Å². The second-order valence-electron chi connectivity index (χ2n) is 9.08. The van der Waals surface area contributed by atoms with E-state index in [-0.39, 0.29) is 16.9 Å². The lowest BCUT2D eigenvalue weighted by Gasteiger charge is -2.20. The second-order valence-corrected chi connectivity index (χ2v) is 9.08. The Hall–Kier alpha value is -5.58. The normalized spacial score (nSPS) is 11.9. The van der Waals surface area contributed by atoms with Gasteiger partial charge >= 0.3 is 0 Å². The van der Waals surface area contributed by atoms with Crippen LogP contribution in [-0.2, 0) is 0 Å². The molecule has 0 fully saturated rings. The number of rotatable bonds is 6. The fraction of sp³-hybridized carbons (Fsp3) is 0.103. The molecular weight excluding hydrogens is 508 g/mol. The van der Waals surface area contributed by atoms with Crippen LogP contribution in [0.3, 0.4) is 0 Å². The summed E-state index contributed by atoms with van der Waals surface area (Å²) in [5.41, 5.74) is 8.81. The second kappa shape index (κ2) is 9.95. The highest BCUT2D eigenvalue weighted by Crippen LogP contribution is 2.29. The predicted molar refractivity (Wildman–Crippen MR) is 150 cm³/mol. The number of nitrogen functional groups attached to an aromatic ring is 1. The number of fused-ring (bicyclic) bond motifs is 2. The topological polar surface area (TPSA) is 142 Å². The zero-order valence-corrected chi connectivity index (χ0v) is 21.6. The Labute approximate surface area is 227 Å². The number of benzene rings is 2. The Morgan fingerprint density at radius 1 is 1.02 bits per heavy atom. The van der Waals surface area contributed by atoms with Crippen LogP contribution >= 0.6 is 0 Å². The minimum absolute atomic E-state index is 0.0488. The molecular formula is C29H24N8O3. The van der Waals surface area contributed by atoms with E-state index in [0.717, 1.165) is 5.56 Å². The van der Waals surface area contributed by atoms with Crippen LogP contribution < -0.4 is 21.3 Å². The van der Waals surface area contributed by atoms with E-state index in [1.807, 2.05) is 48.5 Å². The number of para-hydroxylation sites is 1. The maximum atomic E-state index is 14.3. The maximum absolute atomic E-state index is 14.3. The van der Waals surface area contributed by atoms with Crippen LogP contribution in [-0.4, -0.2) is 42.2 Å². The third-order valence-corrected chi connectivity index (χ3v) is 6.58. The molecule has 4 heterocycles. The van der Waals surface area contributed by atoms with E-state index in [9.17, 15) is 9.59 Å². The van der Waals surface area contributed by atoms with Gasteiger partial charge in [-0.1, -0.05) is 30.3 Å². The number of hydrogen-bond donors (Lipinski definition) is 2. The summed E-state index contributed by atoms with van der Waals surface area (Å²) in [5, 5.41) is 7.54. The van der Waals surface area contributed by atoms with E-state index >= 15 is 0 Å². The van der Waals surface area contributed by atoms with Gasteiger partial charge in [0.25, 0.3) is 11.5 Å². The van der Waals surface area contributed by atoms with Crippen LogP contribution in [0, 0.1) is 0 Å². The molecule has 0 aliphatic heterocycles. The highest BCUT2D eigenvalue weighted by Gasteiger charge is 2.25. The Bertz CT molecular complexity index is 1950. The highest BCUT2D eigenvalue weighted by molar-refractivity contribution is 6.04. The highest BCUT2D eigenvalue weighted by atomic mass is 16.5. The van der Waals surface area contributed by atoms with Gasteiger partial charge in [0.15, 0.2) is 11.5 Å². The molecule has 0 aliphatic carbocycles. The van der Waals surface area contributed by atoms with Gasteiger partial charge in [0.1, 0.15) is 11.4 Å². The average Bonchev–Trinajstić information content (AvgIpc) is 3.32. The molecule has 11 nitrogen and oxygen atoms in total. The first-order valence-corrected chi connectivity index (χ1v) is 12.5. The van der Waals surface area contributed by atoms with Gasteiger partial charge in [0.05, 0.1) is 29.7 Å². The molecule has 40 heavy (non-hydrogen) atoms. The van der Waals surface area contributed by atoms with Crippen LogP contribution in [0.1, 0.15) is 29.1 Å². The van der Waals surface area contributed by atoms with Crippen molar-refractivity contribution in [3.05, 3.63) is 107 Å². The van der Waals surface area contributed by atoms with Crippen molar-refractivity contribution in [1.29, 1.82) is 0 Å². The molecule has 6 aromatic rings. The lowest BCUT2D eigenvalue weighted by atomic mass is 10.0. The van der Waals surface area contributed by atoms with Gasteiger partial charge in [-0.25, -0.2) is 19.5 Å². The summed E-state index contributed by atoms with van der Waals surface area (Å²) in [5.74, 6) is 0.350. The van der Waals surface area contributed by atoms with E-state index < -0.39 is 11.9 Å². The Morgan fingerprint density at radius 2 is 1.85 bits per heavy atom. The number of ether oxygens (including phenoxy) is 1. The number of anilines is 1. The Balaban J connectivity index is 1.51. The average molecular weight is 533 g/mol. The van der Waals surface area contributed by atoms with Crippen LogP contribution in [0.15, 0.2) is 90.1 Å². The number of nitrogens with one attached hydrogen (secondary N) is 1. The number of amides is 1. The van der Waals surface area contributed by atoms with Crippen molar-refractivity contribution < 1.29 is 9.53 Å². The monoisotopic (exact) mass is 532 g/mol. The summed E-state index contributed by atoms with van der Waals surface area (Å²) < 4.78 is 8.26. The third kappa shape index (κ3) is 4.19. The molecule has 2 aromatic carbocycles. The lowest BCUT2D eigenvalue weighted by molar-refractivity contribution is 0.0940. The van der Waals surface area contributed by atoms with Crippen LogP contribution in [0.5, 0.6) is 5.88 Å². The summed E-state index contributed by atoms with van der Waals surface area (Å²) in [6.07, 6.45) is 4.85. The number of nitrogens with two attached hydrogens (primary N) is 1. The zero-order chi connectivity index (χ0) is 27.8. The number of nitrogens with zero attached hydrogens (tertiary/aromatic N) is 6. The van der Waals surface area contributed by atoms with Crippen molar-refractivity contribution in [3.63, 3.8) is 0 Å². The fourth-order valence-corrected chi connectivity index (χ4v) is 4.75. The quantitative estimate of drug-likeness (QED) is 0.332. The van der Waals surface area contributed by atoms with Gasteiger partial charge in [-0.15, -0.1) is 5.10 Å². The first-order chi connectivity index (χ1) is 19.5. The van der Waals surface area contributed by atoms with Crippen molar-refractivity contribution in [1.82, 2.24) is 34.4 Å². The molecule has 1 unspecified atom stereocenters. The number of carbonyl (C=O) groups is 1. The van der Waals surface area contributed by atoms with Gasteiger partial charge < -0.3 is 15.8 Å². The molecule has 0 radical (unpaired) electrons. The molecule has 0 spiro atoms. The zero-order valence-electron chi connectivity index (χ0n) is 21.6. The van der Waals surface area contributed by atoms with Gasteiger partial charge in [0, 0.05) is 24.7 Å². The fourth-order valence-electron chi connectivity index (χ4n) is 4.75. The van der Waals surface area contributed by atoms with Gasteiger partial charge in [-0.2, -0.15) is 0 Å². The van der Waals surface area contributed by atoms with Crippen LogP contribution in [0.2, 0.25) is 0 Å². The van der Waals surface area contributed by atoms with Crippen molar-refractivity contribution in [2.75, 3.05) is 12.8 Å². The SMILES string of the molecule is COc1cc(-c2cccc3nc(C(C)NC(=O)c4c(N)nn5cccnc45)n(-c4ccccc4)c(=O)c23)ccn1. The summed E-state index contributed by atoms with van der Waals surface area (Å²) >= 11 is 0. The van der Waals surface area contributed by atoms with Gasteiger partial charge in [-0.05, 0) is 48.4 Å². The largest absolute Gasteiger partial charge is 0.481 e. The minimum atomic E-state index is -0.687. The summed E-state index contributed by atoms with van der Waals surface area (Å²) in [4.78, 5) is 41.0. The van der Waals surface area contributed by atoms with Crippen LogP contribution in [0.25, 0.3) is 33.4 Å². The molecule has 0 saturated heterocycles. The summed E-state index contributed by atoms with van der Waals surface area (Å²) in [6.45, 7) is 1.76.